The molecule has 0 N–H and O–H groups in total. The average Bonchev–Trinajstić information content (AvgIpc) is 2.97. The molecular formula is C27H33ClN2O4. The number of fused-ring (bicyclic) bond motifs is 1. The van der Waals surface area contributed by atoms with Gasteiger partial charge >= 0.3 is 5.97 Å². The molecule has 0 unspecified atom stereocenters. The van der Waals surface area contributed by atoms with Gasteiger partial charge in [-0.15, -0.1) is 0 Å². The first-order valence-corrected chi connectivity index (χ1v) is 12.0. The molecule has 3 heterocycles. The molecular weight excluding hydrogens is 452 g/mol. The monoisotopic (exact) mass is 484 g/mol. The first-order chi connectivity index (χ1) is 16.0. The number of aryl methyl sites for hydroxylation is 2. The first-order valence-electron chi connectivity index (χ1n) is 11.6. The van der Waals surface area contributed by atoms with Crippen molar-refractivity contribution in [1.82, 2.24) is 9.55 Å². The van der Waals surface area contributed by atoms with E-state index in [0.29, 0.717) is 10.9 Å². The van der Waals surface area contributed by atoms with E-state index in [0.717, 1.165) is 64.4 Å². The molecule has 1 aromatic carbocycles. The first kappa shape index (κ1) is 24.7. The fourth-order valence-corrected chi connectivity index (χ4v) is 4.72. The molecule has 0 amide bonds. The molecule has 2 aromatic heterocycles. The highest BCUT2D eigenvalue weighted by Gasteiger charge is 2.34. The van der Waals surface area contributed by atoms with E-state index in [1.807, 2.05) is 52.0 Å². The zero-order valence-electron chi connectivity index (χ0n) is 21.0. The van der Waals surface area contributed by atoms with Crippen molar-refractivity contribution in [2.75, 3.05) is 20.3 Å². The normalized spacial score (nSPS) is 15.4. The standard InChI is InChI=1S/C27H33ClN2O4/c1-15-17(3)30(12-18-13-33-14-18)25-21(15)23(19-8-10-20(28)11-9-19)22(16(2)29-25)24(26(31)32-7)34-27(4,5)6/h8-11,18,24H,12-14H2,1-7H3/t24-/m0/s1. The number of hydrogen-bond donors (Lipinski definition) is 0. The molecule has 0 spiro atoms. The SMILES string of the molecule is COC(=O)[C@@H](OC(C)(C)C)c1c(C)nc2c(c(C)c(C)n2CC2COC2)c1-c1ccc(Cl)cc1. The maximum atomic E-state index is 13.0. The summed E-state index contributed by atoms with van der Waals surface area (Å²) in [6.07, 6.45) is -0.921. The van der Waals surface area contributed by atoms with Gasteiger partial charge in [0, 0.05) is 45.4 Å². The second kappa shape index (κ2) is 9.33. The summed E-state index contributed by atoms with van der Waals surface area (Å²) in [6.45, 7) is 14.3. The van der Waals surface area contributed by atoms with Gasteiger partial charge in [-0.05, 0) is 64.8 Å². The van der Waals surface area contributed by atoms with E-state index in [1.165, 1.54) is 7.11 Å². The van der Waals surface area contributed by atoms with Gasteiger partial charge in [-0.25, -0.2) is 9.78 Å². The lowest BCUT2D eigenvalue weighted by atomic mass is 9.91. The summed E-state index contributed by atoms with van der Waals surface area (Å²) in [6, 6.07) is 7.70. The number of hydrogen-bond acceptors (Lipinski definition) is 5. The fraction of sp³-hybridized carbons (Fsp3) is 0.481. The van der Waals surface area contributed by atoms with Crippen LogP contribution in [0.25, 0.3) is 22.2 Å². The van der Waals surface area contributed by atoms with Crippen molar-refractivity contribution in [1.29, 1.82) is 0 Å². The van der Waals surface area contributed by atoms with E-state index in [9.17, 15) is 4.79 Å². The lowest BCUT2D eigenvalue weighted by molar-refractivity contribution is -0.164. The molecule has 1 saturated heterocycles. The summed E-state index contributed by atoms with van der Waals surface area (Å²) in [7, 11) is 1.39. The van der Waals surface area contributed by atoms with Crippen LogP contribution >= 0.6 is 11.6 Å². The van der Waals surface area contributed by atoms with Gasteiger partial charge in [-0.2, -0.15) is 0 Å². The number of rotatable bonds is 6. The lowest BCUT2D eigenvalue weighted by Crippen LogP contribution is -2.31. The molecule has 1 aliphatic heterocycles. The zero-order chi connectivity index (χ0) is 24.8. The molecule has 1 aliphatic rings. The molecule has 182 valence electrons. The van der Waals surface area contributed by atoms with E-state index in [-0.39, 0.29) is 0 Å². The van der Waals surface area contributed by atoms with E-state index >= 15 is 0 Å². The van der Waals surface area contributed by atoms with Gasteiger partial charge in [0.05, 0.1) is 25.9 Å². The zero-order valence-corrected chi connectivity index (χ0v) is 21.7. The summed E-state index contributed by atoms with van der Waals surface area (Å²) in [5.41, 5.74) is 5.98. The molecule has 3 aromatic rings. The number of nitrogens with zero attached hydrogens (tertiary/aromatic N) is 2. The predicted octanol–water partition coefficient (Wildman–Crippen LogP) is 5.96. The minimum Gasteiger partial charge on any atom is -0.467 e. The van der Waals surface area contributed by atoms with Crippen LogP contribution in [0, 0.1) is 26.7 Å². The van der Waals surface area contributed by atoms with Gasteiger partial charge < -0.3 is 18.8 Å². The topological polar surface area (TPSA) is 62.6 Å². The molecule has 0 bridgehead atoms. The van der Waals surface area contributed by atoms with Gasteiger partial charge in [0.15, 0.2) is 6.10 Å². The molecule has 0 radical (unpaired) electrons. The Labute approximate surface area is 206 Å². The Morgan fingerprint density at radius 2 is 1.85 bits per heavy atom. The molecule has 0 saturated carbocycles. The van der Waals surface area contributed by atoms with Crippen LogP contribution in [0.15, 0.2) is 24.3 Å². The summed E-state index contributed by atoms with van der Waals surface area (Å²) in [5, 5.41) is 1.67. The molecule has 0 aliphatic carbocycles. The Bertz CT molecular complexity index is 1220. The van der Waals surface area contributed by atoms with Gasteiger partial charge in [-0.3, -0.25) is 0 Å². The van der Waals surface area contributed by atoms with E-state index in [2.05, 4.69) is 18.4 Å². The van der Waals surface area contributed by atoms with Crippen molar-refractivity contribution in [3.63, 3.8) is 0 Å². The highest BCUT2D eigenvalue weighted by atomic mass is 35.5. The molecule has 4 rings (SSSR count). The molecule has 1 fully saturated rings. The van der Waals surface area contributed by atoms with Crippen molar-refractivity contribution in [3.8, 4) is 11.1 Å². The van der Waals surface area contributed by atoms with Gasteiger partial charge in [0.1, 0.15) is 5.65 Å². The Morgan fingerprint density at radius 3 is 2.38 bits per heavy atom. The van der Waals surface area contributed by atoms with Crippen molar-refractivity contribution < 1.29 is 19.0 Å². The Balaban J connectivity index is 2.06. The van der Waals surface area contributed by atoms with Gasteiger partial charge in [0.25, 0.3) is 0 Å². The van der Waals surface area contributed by atoms with Crippen LogP contribution in [0.1, 0.15) is 49.4 Å². The Hall–Kier alpha value is -2.41. The third kappa shape index (κ3) is 4.59. The minimum absolute atomic E-state index is 0.449. The number of methoxy groups -OCH3 is 1. The fourth-order valence-electron chi connectivity index (χ4n) is 4.59. The largest absolute Gasteiger partial charge is 0.467 e. The van der Waals surface area contributed by atoms with Crippen LogP contribution in [0.4, 0.5) is 0 Å². The second-order valence-corrected chi connectivity index (χ2v) is 10.5. The van der Waals surface area contributed by atoms with Crippen molar-refractivity contribution in [2.24, 2.45) is 5.92 Å². The van der Waals surface area contributed by atoms with Crippen LogP contribution in [0.5, 0.6) is 0 Å². The number of carbonyl (C=O) groups is 1. The summed E-state index contributed by atoms with van der Waals surface area (Å²) in [4.78, 5) is 18.1. The summed E-state index contributed by atoms with van der Waals surface area (Å²) in [5.74, 6) is 0.0244. The maximum absolute atomic E-state index is 13.0. The number of carbonyl (C=O) groups excluding carboxylic acids is 1. The number of pyridine rings is 1. The van der Waals surface area contributed by atoms with Crippen LogP contribution < -0.4 is 0 Å². The van der Waals surface area contributed by atoms with Crippen LogP contribution in [-0.4, -0.2) is 41.4 Å². The van der Waals surface area contributed by atoms with Crippen LogP contribution in [0.3, 0.4) is 0 Å². The van der Waals surface area contributed by atoms with Crippen molar-refractivity contribution in [3.05, 3.63) is 51.8 Å². The van der Waals surface area contributed by atoms with Gasteiger partial charge in [-0.1, -0.05) is 23.7 Å². The maximum Gasteiger partial charge on any atom is 0.339 e. The Kier molecular flexibility index (Phi) is 6.78. The second-order valence-electron chi connectivity index (χ2n) is 10.0. The predicted molar refractivity (Wildman–Crippen MR) is 134 cm³/mol. The highest BCUT2D eigenvalue weighted by Crippen LogP contribution is 2.42. The Morgan fingerprint density at radius 1 is 1.21 bits per heavy atom. The number of esters is 1. The van der Waals surface area contributed by atoms with Crippen molar-refractivity contribution >= 4 is 28.6 Å². The molecule has 1 atom stereocenters. The quantitative estimate of drug-likeness (QED) is 0.404. The van der Waals surface area contributed by atoms with Crippen LogP contribution in [-0.2, 0) is 25.5 Å². The third-order valence-electron chi connectivity index (χ3n) is 6.41. The summed E-state index contributed by atoms with van der Waals surface area (Å²) >= 11 is 6.22. The van der Waals surface area contributed by atoms with E-state index < -0.39 is 17.7 Å². The van der Waals surface area contributed by atoms with E-state index in [4.69, 9.17) is 30.8 Å². The molecule has 7 heteroatoms. The molecule has 6 nitrogen and oxygen atoms in total. The summed E-state index contributed by atoms with van der Waals surface area (Å²) < 4.78 is 19.2. The van der Waals surface area contributed by atoms with Crippen molar-refractivity contribution in [2.45, 2.75) is 59.8 Å². The van der Waals surface area contributed by atoms with Crippen LogP contribution in [0.2, 0.25) is 5.02 Å². The lowest BCUT2D eigenvalue weighted by Gasteiger charge is -2.29. The number of halogens is 1. The molecule has 34 heavy (non-hydrogen) atoms. The smallest absolute Gasteiger partial charge is 0.339 e. The number of ether oxygens (including phenoxy) is 3. The minimum atomic E-state index is -0.921. The van der Waals surface area contributed by atoms with E-state index in [1.54, 1.807) is 0 Å². The number of aromatic nitrogens is 2. The average molecular weight is 485 g/mol. The van der Waals surface area contributed by atoms with Gasteiger partial charge in [0.2, 0.25) is 0 Å². The number of benzene rings is 1. The highest BCUT2D eigenvalue weighted by molar-refractivity contribution is 6.30. The third-order valence-corrected chi connectivity index (χ3v) is 6.67.